The average Bonchev–Trinajstić information content (AvgIpc) is 2.44. The summed E-state index contributed by atoms with van der Waals surface area (Å²) in [6, 6.07) is 6.76. The molecule has 3 nitrogen and oxygen atoms in total. The molecule has 0 spiro atoms. The first kappa shape index (κ1) is 18.2. The van der Waals surface area contributed by atoms with Crippen LogP contribution in [0, 0.1) is 12.8 Å². The lowest BCUT2D eigenvalue weighted by atomic mass is 10.00. The predicted molar refractivity (Wildman–Crippen MR) is 86.9 cm³/mol. The number of rotatable bonds is 10. The van der Waals surface area contributed by atoms with Crippen molar-refractivity contribution in [1.82, 2.24) is 0 Å². The van der Waals surface area contributed by atoms with Gasteiger partial charge in [0.05, 0.1) is 11.5 Å². The molecule has 0 unspecified atom stereocenters. The van der Waals surface area contributed by atoms with Crippen molar-refractivity contribution in [2.45, 2.75) is 64.2 Å². The van der Waals surface area contributed by atoms with Gasteiger partial charge in [-0.25, -0.2) is 0 Å². The van der Waals surface area contributed by atoms with Crippen LogP contribution in [0.25, 0.3) is 0 Å². The maximum Gasteiger partial charge on any atom is 0.296 e. The van der Waals surface area contributed by atoms with Gasteiger partial charge in [0.2, 0.25) is 0 Å². The van der Waals surface area contributed by atoms with Gasteiger partial charge in [-0.1, -0.05) is 63.6 Å². The Morgan fingerprint density at radius 2 is 1.71 bits per heavy atom. The molecule has 0 radical (unpaired) electrons. The molecule has 0 bridgehead atoms. The molecular weight excluding hydrogens is 284 g/mol. The standard InChI is InChI=1S/C17H28O3S/c1-4-5-6-7-8-15(2)13-14-20-21(18,19)17-11-9-16(3)10-12-17/h9-12,15H,4-8,13-14H2,1-3H3/t15-/m1/s1. The second-order valence-corrected chi connectivity index (χ2v) is 7.45. The van der Waals surface area contributed by atoms with Crippen LogP contribution in [0.2, 0.25) is 0 Å². The molecule has 0 aliphatic heterocycles. The zero-order valence-electron chi connectivity index (χ0n) is 13.5. The second kappa shape index (κ2) is 9.21. The van der Waals surface area contributed by atoms with E-state index >= 15 is 0 Å². The van der Waals surface area contributed by atoms with Gasteiger partial charge in [0, 0.05) is 0 Å². The summed E-state index contributed by atoms with van der Waals surface area (Å²) in [5.41, 5.74) is 1.04. The van der Waals surface area contributed by atoms with Gasteiger partial charge in [-0.2, -0.15) is 8.42 Å². The highest BCUT2D eigenvalue weighted by Crippen LogP contribution is 2.17. The molecule has 0 saturated heterocycles. The van der Waals surface area contributed by atoms with Crippen LogP contribution in [0.1, 0.15) is 57.9 Å². The van der Waals surface area contributed by atoms with E-state index in [1.807, 2.05) is 6.92 Å². The third-order valence-electron chi connectivity index (χ3n) is 3.71. The number of aryl methyl sites for hydroxylation is 1. The third kappa shape index (κ3) is 7.09. The number of unbranched alkanes of at least 4 members (excludes halogenated alkanes) is 3. The summed E-state index contributed by atoms with van der Waals surface area (Å²) in [6.45, 7) is 6.56. The first-order chi connectivity index (χ1) is 9.95. The first-order valence-corrected chi connectivity index (χ1v) is 9.32. The molecule has 0 N–H and O–H groups in total. The van der Waals surface area contributed by atoms with Gasteiger partial charge in [-0.15, -0.1) is 0 Å². The van der Waals surface area contributed by atoms with E-state index in [1.165, 1.54) is 25.7 Å². The summed E-state index contributed by atoms with van der Waals surface area (Å²) in [5.74, 6) is 0.509. The molecule has 4 heteroatoms. The molecule has 21 heavy (non-hydrogen) atoms. The van der Waals surface area contributed by atoms with Crippen LogP contribution < -0.4 is 0 Å². The Morgan fingerprint density at radius 3 is 2.33 bits per heavy atom. The molecule has 1 atom stereocenters. The maximum absolute atomic E-state index is 12.0. The number of benzene rings is 1. The normalized spacial score (nSPS) is 13.3. The lowest BCUT2D eigenvalue weighted by Crippen LogP contribution is -2.10. The van der Waals surface area contributed by atoms with Gasteiger partial charge in [0.1, 0.15) is 0 Å². The van der Waals surface area contributed by atoms with E-state index in [9.17, 15) is 8.42 Å². The fourth-order valence-electron chi connectivity index (χ4n) is 2.20. The van der Waals surface area contributed by atoms with E-state index in [2.05, 4.69) is 13.8 Å². The minimum Gasteiger partial charge on any atom is -0.266 e. The molecule has 1 rings (SSSR count). The Bertz CT molecular complexity index is 491. The number of hydrogen-bond donors (Lipinski definition) is 0. The molecule has 1 aromatic carbocycles. The lowest BCUT2D eigenvalue weighted by molar-refractivity contribution is 0.280. The third-order valence-corrected chi connectivity index (χ3v) is 5.04. The van der Waals surface area contributed by atoms with Crippen molar-refractivity contribution >= 4 is 10.1 Å². The molecule has 0 aromatic heterocycles. The van der Waals surface area contributed by atoms with Crippen molar-refractivity contribution in [3.05, 3.63) is 29.8 Å². The Labute approximate surface area is 129 Å². The largest absolute Gasteiger partial charge is 0.296 e. The molecule has 0 saturated carbocycles. The monoisotopic (exact) mass is 312 g/mol. The topological polar surface area (TPSA) is 43.4 Å². The van der Waals surface area contributed by atoms with Crippen molar-refractivity contribution < 1.29 is 12.6 Å². The summed E-state index contributed by atoms with van der Waals surface area (Å²) in [6.07, 6.45) is 6.95. The number of hydrogen-bond acceptors (Lipinski definition) is 3. The second-order valence-electron chi connectivity index (χ2n) is 5.83. The van der Waals surface area contributed by atoms with Gasteiger partial charge in [0.25, 0.3) is 10.1 Å². The quantitative estimate of drug-likeness (QED) is 0.465. The average molecular weight is 312 g/mol. The Kier molecular flexibility index (Phi) is 7.97. The van der Waals surface area contributed by atoms with Gasteiger partial charge >= 0.3 is 0 Å². The highest BCUT2D eigenvalue weighted by atomic mass is 32.2. The van der Waals surface area contributed by atoms with Crippen molar-refractivity contribution in [3.63, 3.8) is 0 Å². The van der Waals surface area contributed by atoms with Gasteiger partial charge in [-0.05, 0) is 31.4 Å². The molecule has 0 aliphatic carbocycles. The SMILES string of the molecule is CCCCCC[C@@H](C)CCOS(=O)(=O)c1ccc(C)cc1. The van der Waals surface area contributed by atoms with E-state index in [4.69, 9.17) is 4.18 Å². The lowest BCUT2D eigenvalue weighted by Gasteiger charge is -2.11. The summed E-state index contributed by atoms with van der Waals surface area (Å²) < 4.78 is 29.1. The highest BCUT2D eigenvalue weighted by Gasteiger charge is 2.15. The zero-order chi connectivity index (χ0) is 15.7. The predicted octanol–water partition coefficient (Wildman–Crippen LogP) is 4.70. The van der Waals surface area contributed by atoms with Crippen molar-refractivity contribution in [2.24, 2.45) is 5.92 Å². The molecule has 0 fully saturated rings. The van der Waals surface area contributed by atoms with Crippen LogP contribution in [0.3, 0.4) is 0 Å². The van der Waals surface area contributed by atoms with Crippen molar-refractivity contribution in [1.29, 1.82) is 0 Å². The van der Waals surface area contributed by atoms with Crippen molar-refractivity contribution in [2.75, 3.05) is 6.61 Å². The van der Waals surface area contributed by atoms with E-state index in [0.717, 1.165) is 18.4 Å². The molecular formula is C17H28O3S. The molecule has 120 valence electrons. The fraction of sp³-hybridized carbons (Fsp3) is 0.647. The molecule has 0 heterocycles. The van der Waals surface area contributed by atoms with Crippen LogP contribution in [0.4, 0.5) is 0 Å². The zero-order valence-corrected chi connectivity index (χ0v) is 14.3. The van der Waals surface area contributed by atoms with Crippen molar-refractivity contribution in [3.8, 4) is 0 Å². The summed E-state index contributed by atoms with van der Waals surface area (Å²) >= 11 is 0. The molecule has 1 aromatic rings. The summed E-state index contributed by atoms with van der Waals surface area (Å²) in [7, 11) is -3.60. The van der Waals surface area contributed by atoms with Crippen LogP contribution in [-0.2, 0) is 14.3 Å². The van der Waals surface area contributed by atoms with Crippen LogP contribution in [-0.4, -0.2) is 15.0 Å². The summed E-state index contributed by atoms with van der Waals surface area (Å²) in [4.78, 5) is 0.240. The Balaban J connectivity index is 2.32. The van der Waals surface area contributed by atoms with Gasteiger partial charge in [0.15, 0.2) is 0 Å². The highest BCUT2D eigenvalue weighted by molar-refractivity contribution is 7.86. The van der Waals surface area contributed by atoms with Crippen LogP contribution in [0.5, 0.6) is 0 Å². The summed E-state index contributed by atoms with van der Waals surface area (Å²) in [5, 5.41) is 0. The van der Waals surface area contributed by atoms with Gasteiger partial charge < -0.3 is 0 Å². The molecule has 0 amide bonds. The smallest absolute Gasteiger partial charge is 0.266 e. The minimum atomic E-state index is -3.60. The van der Waals surface area contributed by atoms with E-state index < -0.39 is 10.1 Å². The van der Waals surface area contributed by atoms with Crippen LogP contribution in [0.15, 0.2) is 29.2 Å². The Hall–Kier alpha value is -0.870. The first-order valence-electron chi connectivity index (χ1n) is 7.92. The van der Waals surface area contributed by atoms with E-state index in [1.54, 1.807) is 24.3 Å². The fourth-order valence-corrected chi connectivity index (χ4v) is 3.12. The minimum absolute atomic E-state index is 0.240. The molecule has 0 aliphatic rings. The Morgan fingerprint density at radius 1 is 1.05 bits per heavy atom. The maximum atomic E-state index is 12.0. The van der Waals surface area contributed by atoms with Gasteiger partial charge in [-0.3, -0.25) is 4.18 Å². The van der Waals surface area contributed by atoms with E-state index in [-0.39, 0.29) is 11.5 Å². The van der Waals surface area contributed by atoms with E-state index in [0.29, 0.717) is 5.92 Å². The van der Waals surface area contributed by atoms with Crippen LogP contribution >= 0.6 is 0 Å².